The number of allylic oxidation sites excluding steroid dienone is 2. The van der Waals surface area contributed by atoms with Gasteiger partial charge in [-0.15, -0.1) is 11.8 Å². The summed E-state index contributed by atoms with van der Waals surface area (Å²) in [5.41, 5.74) is 1.15. The van der Waals surface area contributed by atoms with E-state index in [9.17, 15) is 15.0 Å². The summed E-state index contributed by atoms with van der Waals surface area (Å²) in [6, 6.07) is 0. The molecule has 1 saturated carbocycles. The summed E-state index contributed by atoms with van der Waals surface area (Å²) in [6.07, 6.45) is 11.6. The molecule has 3 aliphatic rings. The number of aliphatic carboxylic acids is 1. The highest BCUT2D eigenvalue weighted by molar-refractivity contribution is 5.66. The predicted octanol–water partition coefficient (Wildman–Crippen LogP) is 3.08. The first kappa shape index (κ1) is 21.8. The van der Waals surface area contributed by atoms with Crippen LogP contribution in [0.25, 0.3) is 0 Å². The van der Waals surface area contributed by atoms with Gasteiger partial charge in [0, 0.05) is 37.0 Å². The van der Waals surface area contributed by atoms with Crippen LogP contribution in [-0.4, -0.2) is 45.7 Å². The number of fused-ring (bicyclic) bond motifs is 3. The van der Waals surface area contributed by atoms with Crippen LogP contribution in [0.15, 0.2) is 36.0 Å². The van der Waals surface area contributed by atoms with Crippen LogP contribution >= 0.6 is 0 Å². The quantitative estimate of drug-likeness (QED) is 0.431. The third-order valence-corrected chi connectivity index (χ3v) is 6.49. The highest BCUT2D eigenvalue weighted by Crippen LogP contribution is 2.51. The molecule has 1 saturated heterocycles. The van der Waals surface area contributed by atoms with Crippen molar-refractivity contribution in [1.82, 2.24) is 0 Å². The van der Waals surface area contributed by atoms with E-state index in [4.69, 9.17) is 9.84 Å². The Morgan fingerprint density at radius 2 is 2.24 bits per heavy atom. The van der Waals surface area contributed by atoms with Crippen LogP contribution in [0, 0.1) is 35.5 Å². The number of carboxylic acids is 1. The Balaban J connectivity index is 1.66. The molecule has 0 radical (unpaired) electrons. The van der Waals surface area contributed by atoms with Crippen molar-refractivity contribution in [2.45, 2.75) is 70.4 Å². The summed E-state index contributed by atoms with van der Waals surface area (Å²) in [5.74, 6) is 5.42. The van der Waals surface area contributed by atoms with Crippen LogP contribution < -0.4 is 0 Å². The highest BCUT2D eigenvalue weighted by atomic mass is 16.5. The van der Waals surface area contributed by atoms with E-state index in [0.717, 1.165) is 12.0 Å². The van der Waals surface area contributed by atoms with Gasteiger partial charge in [-0.3, -0.25) is 4.79 Å². The maximum atomic E-state index is 10.8. The summed E-state index contributed by atoms with van der Waals surface area (Å²) < 4.78 is 6.33. The average molecular weight is 401 g/mol. The van der Waals surface area contributed by atoms with Gasteiger partial charge in [0.05, 0.1) is 24.4 Å². The molecule has 0 spiro atoms. The molecule has 0 aromatic heterocycles. The van der Waals surface area contributed by atoms with E-state index in [-0.39, 0.29) is 42.3 Å². The van der Waals surface area contributed by atoms with Gasteiger partial charge < -0.3 is 20.1 Å². The fraction of sp³-hybridized carbons (Fsp3) is 0.625. The van der Waals surface area contributed by atoms with Gasteiger partial charge >= 0.3 is 5.97 Å². The zero-order valence-corrected chi connectivity index (χ0v) is 17.2. The van der Waals surface area contributed by atoms with E-state index in [2.05, 4.69) is 17.9 Å². The van der Waals surface area contributed by atoms with Crippen LogP contribution in [0.3, 0.4) is 0 Å². The number of hydrogen-bond acceptors (Lipinski definition) is 4. The Kier molecular flexibility index (Phi) is 7.34. The predicted molar refractivity (Wildman–Crippen MR) is 111 cm³/mol. The molecule has 0 amide bonds. The lowest BCUT2D eigenvalue weighted by molar-refractivity contribution is -0.137. The Labute approximate surface area is 173 Å². The molecule has 0 aromatic carbocycles. The molecule has 3 rings (SSSR count). The molecule has 5 heteroatoms. The smallest absolute Gasteiger partial charge is 0.303 e. The van der Waals surface area contributed by atoms with Crippen molar-refractivity contribution in [3.63, 3.8) is 0 Å². The standard InChI is InChI=1S/C24H32O5/c1-3-4-7-15(2)19(25)13-12-17-20(26)14-21-23(17)18-10-5-8-16(24(18)29-21)9-6-11-22(27)28/h5,8,10,12-13,15,17-21,23-26H,6-7,9,11,14H2,1-2H3,(H,27,28)/b13-12+/t15-,17-,18?,19?,20?,21?,23-,24?/m1/s1. The summed E-state index contributed by atoms with van der Waals surface area (Å²) in [5, 5.41) is 29.9. The van der Waals surface area contributed by atoms with Gasteiger partial charge in [0.15, 0.2) is 0 Å². The summed E-state index contributed by atoms with van der Waals surface area (Å²) >= 11 is 0. The zero-order chi connectivity index (χ0) is 21.0. The number of ether oxygens (including phenoxy) is 1. The lowest BCUT2D eigenvalue weighted by atomic mass is 9.76. The first-order chi connectivity index (χ1) is 13.9. The molecule has 8 atom stereocenters. The number of rotatable bonds is 8. The maximum absolute atomic E-state index is 10.8. The SMILES string of the molecule is CC#CC[C@@H](C)C(O)/C=C/[C@@H]1C(O)CC2OC3C(CCCC(=O)O)=CC=CC3[C@H]21. The second-order valence-electron chi connectivity index (χ2n) is 8.49. The summed E-state index contributed by atoms with van der Waals surface area (Å²) in [6.45, 7) is 3.77. The first-order valence-corrected chi connectivity index (χ1v) is 10.6. The Morgan fingerprint density at radius 1 is 1.45 bits per heavy atom. The van der Waals surface area contributed by atoms with E-state index in [1.165, 1.54) is 0 Å². The molecular weight excluding hydrogens is 368 g/mol. The van der Waals surface area contributed by atoms with Crippen molar-refractivity contribution < 1.29 is 24.9 Å². The van der Waals surface area contributed by atoms with E-state index in [1.54, 1.807) is 6.92 Å². The van der Waals surface area contributed by atoms with Crippen molar-refractivity contribution >= 4 is 5.97 Å². The molecule has 158 valence electrons. The second kappa shape index (κ2) is 9.75. The van der Waals surface area contributed by atoms with Gasteiger partial charge in [0.1, 0.15) is 0 Å². The Hall–Kier alpha value is -1.87. The minimum atomic E-state index is -0.774. The van der Waals surface area contributed by atoms with Crippen molar-refractivity contribution in [3.05, 3.63) is 36.0 Å². The molecular formula is C24H32O5. The third kappa shape index (κ3) is 5.01. The number of aliphatic hydroxyl groups excluding tert-OH is 2. The molecule has 2 aliphatic carbocycles. The van der Waals surface area contributed by atoms with Crippen molar-refractivity contribution in [3.8, 4) is 11.8 Å². The Bertz CT molecular complexity index is 740. The monoisotopic (exact) mass is 400 g/mol. The maximum Gasteiger partial charge on any atom is 0.303 e. The van der Waals surface area contributed by atoms with Crippen LogP contribution in [0.2, 0.25) is 0 Å². The molecule has 5 nitrogen and oxygen atoms in total. The third-order valence-electron chi connectivity index (χ3n) is 6.49. The van der Waals surface area contributed by atoms with Gasteiger partial charge in [0.2, 0.25) is 0 Å². The van der Waals surface area contributed by atoms with E-state index < -0.39 is 18.2 Å². The second-order valence-corrected chi connectivity index (χ2v) is 8.49. The van der Waals surface area contributed by atoms with Crippen molar-refractivity contribution in [2.24, 2.45) is 23.7 Å². The highest BCUT2D eigenvalue weighted by Gasteiger charge is 2.54. The zero-order valence-electron chi connectivity index (χ0n) is 17.2. The molecule has 0 bridgehead atoms. The lowest BCUT2D eigenvalue weighted by Crippen LogP contribution is -2.29. The molecule has 5 unspecified atom stereocenters. The normalized spacial score (nSPS) is 34.8. The summed E-state index contributed by atoms with van der Waals surface area (Å²) in [4.78, 5) is 10.8. The van der Waals surface area contributed by atoms with Gasteiger partial charge in [-0.1, -0.05) is 37.3 Å². The summed E-state index contributed by atoms with van der Waals surface area (Å²) in [7, 11) is 0. The lowest BCUT2D eigenvalue weighted by Gasteiger charge is -2.28. The molecule has 0 aromatic rings. The molecule has 2 fully saturated rings. The number of aliphatic hydroxyl groups is 2. The topological polar surface area (TPSA) is 87.0 Å². The molecule has 3 N–H and O–H groups in total. The molecule has 1 aliphatic heterocycles. The van der Waals surface area contributed by atoms with Gasteiger partial charge in [-0.25, -0.2) is 0 Å². The number of carboxylic acid groups (broad SMARTS) is 1. The Morgan fingerprint density at radius 3 is 2.97 bits per heavy atom. The van der Waals surface area contributed by atoms with Gasteiger partial charge in [-0.2, -0.15) is 0 Å². The number of hydrogen-bond donors (Lipinski definition) is 3. The van der Waals surface area contributed by atoms with Crippen molar-refractivity contribution in [1.29, 1.82) is 0 Å². The number of carbonyl (C=O) groups is 1. The van der Waals surface area contributed by atoms with Crippen LogP contribution in [0.1, 0.15) is 46.0 Å². The average Bonchev–Trinajstić information content (AvgIpc) is 3.19. The largest absolute Gasteiger partial charge is 0.481 e. The van der Waals surface area contributed by atoms with Gasteiger partial charge in [0.25, 0.3) is 0 Å². The molecule has 29 heavy (non-hydrogen) atoms. The fourth-order valence-corrected chi connectivity index (χ4v) is 4.90. The van der Waals surface area contributed by atoms with Crippen LogP contribution in [-0.2, 0) is 9.53 Å². The van der Waals surface area contributed by atoms with Crippen LogP contribution in [0.4, 0.5) is 0 Å². The fourth-order valence-electron chi connectivity index (χ4n) is 4.90. The minimum absolute atomic E-state index is 0.0131. The van der Waals surface area contributed by atoms with Crippen molar-refractivity contribution in [2.75, 3.05) is 0 Å². The first-order valence-electron chi connectivity index (χ1n) is 10.6. The molecule has 1 heterocycles. The van der Waals surface area contributed by atoms with E-state index in [0.29, 0.717) is 19.3 Å². The minimum Gasteiger partial charge on any atom is -0.481 e. The van der Waals surface area contributed by atoms with Gasteiger partial charge in [-0.05, 0) is 31.3 Å². The van der Waals surface area contributed by atoms with Crippen LogP contribution in [0.5, 0.6) is 0 Å². The van der Waals surface area contributed by atoms with E-state index in [1.807, 2.05) is 31.2 Å². The van der Waals surface area contributed by atoms with E-state index >= 15 is 0 Å².